The van der Waals surface area contributed by atoms with Crippen molar-refractivity contribution in [1.82, 2.24) is 9.88 Å². The zero-order valence-electron chi connectivity index (χ0n) is 16.8. The second-order valence-electron chi connectivity index (χ2n) is 8.45. The Morgan fingerprint density at radius 3 is 2.53 bits per heavy atom. The van der Waals surface area contributed by atoms with Gasteiger partial charge in [-0.1, -0.05) is 33.1 Å². The Labute approximate surface area is 190 Å². The lowest BCUT2D eigenvalue weighted by molar-refractivity contribution is -0.125. The van der Waals surface area contributed by atoms with Crippen LogP contribution in [0.2, 0.25) is 0 Å². The van der Waals surface area contributed by atoms with E-state index in [0.717, 1.165) is 42.8 Å². The van der Waals surface area contributed by atoms with Gasteiger partial charge in [0.05, 0.1) is 6.10 Å². The van der Waals surface area contributed by atoms with E-state index in [0.29, 0.717) is 30.5 Å². The molecule has 1 saturated carbocycles. The number of hydrogen-bond acceptors (Lipinski definition) is 4. The Hall–Kier alpha value is -3.15. The SMILES string of the molecule is C.C.O=C1CCc2cc(/C=C/C(=O)N3C[C@H]4CC(Oc5ccccc5)C[C@H]4C3)cnc2N1. The van der Waals surface area contributed by atoms with E-state index in [1.54, 1.807) is 12.3 Å². The van der Waals surface area contributed by atoms with Crippen molar-refractivity contribution in [2.24, 2.45) is 11.8 Å². The molecule has 3 heterocycles. The summed E-state index contributed by atoms with van der Waals surface area (Å²) in [6, 6.07) is 12.0. The van der Waals surface area contributed by atoms with Gasteiger partial charge in [-0.3, -0.25) is 9.59 Å². The minimum absolute atomic E-state index is 0. The fourth-order valence-electron chi connectivity index (χ4n) is 4.85. The van der Waals surface area contributed by atoms with Crippen LogP contribution in [0.3, 0.4) is 0 Å². The molecule has 0 spiro atoms. The normalized spacial score (nSPS) is 23.6. The van der Waals surface area contributed by atoms with Gasteiger partial charge in [0.2, 0.25) is 11.8 Å². The van der Waals surface area contributed by atoms with Crippen LogP contribution in [0.4, 0.5) is 5.82 Å². The van der Waals surface area contributed by atoms with Crippen LogP contribution >= 0.6 is 0 Å². The number of aryl methyl sites for hydroxylation is 1. The van der Waals surface area contributed by atoms with E-state index < -0.39 is 0 Å². The first-order valence-electron chi connectivity index (χ1n) is 10.6. The van der Waals surface area contributed by atoms with Gasteiger partial charge in [0.1, 0.15) is 11.6 Å². The minimum Gasteiger partial charge on any atom is -0.490 e. The van der Waals surface area contributed by atoms with Gasteiger partial charge in [-0.2, -0.15) is 0 Å². The van der Waals surface area contributed by atoms with E-state index in [-0.39, 0.29) is 32.8 Å². The maximum atomic E-state index is 12.7. The Balaban J connectivity index is 0.00000144. The fraction of sp³-hybridized carbons (Fsp3) is 0.423. The molecule has 0 bridgehead atoms. The summed E-state index contributed by atoms with van der Waals surface area (Å²) in [7, 11) is 0. The fourth-order valence-corrected chi connectivity index (χ4v) is 4.85. The summed E-state index contributed by atoms with van der Waals surface area (Å²) in [5.74, 6) is 2.65. The number of ether oxygens (including phenoxy) is 1. The number of hydrogen-bond donors (Lipinski definition) is 1. The third-order valence-corrected chi connectivity index (χ3v) is 6.35. The number of aromatic nitrogens is 1. The Bertz CT molecular complexity index is 975. The average Bonchev–Trinajstić information content (AvgIpc) is 3.31. The number of pyridine rings is 1. The lowest BCUT2D eigenvalue weighted by Gasteiger charge is -2.19. The highest BCUT2D eigenvalue weighted by atomic mass is 16.5. The van der Waals surface area contributed by atoms with Gasteiger partial charge in [-0.15, -0.1) is 0 Å². The van der Waals surface area contributed by atoms with Crippen LogP contribution in [0, 0.1) is 11.8 Å². The highest BCUT2D eigenvalue weighted by Gasteiger charge is 2.42. The molecule has 3 aliphatic rings. The third kappa shape index (κ3) is 5.01. The van der Waals surface area contributed by atoms with E-state index in [9.17, 15) is 9.59 Å². The summed E-state index contributed by atoms with van der Waals surface area (Å²) in [5, 5.41) is 2.78. The summed E-state index contributed by atoms with van der Waals surface area (Å²) < 4.78 is 6.11. The molecule has 1 aromatic carbocycles. The Kier molecular flexibility index (Phi) is 7.33. The second-order valence-corrected chi connectivity index (χ2v) is 8.45. The van der Waals surface area contributed by atoms with Crippen LogP contribution in [-0.2, 0) is 16.0 Å². The van der Waals surface area contributed by atoms with Gasteiger partial charge < -0.3 is 15.0 Å². The average molecular weight is 436 g/mol. The van der Waals surface area contributed by atoms with Crippen molar-refractivity contribution in [3.63, 3.8) is 0 Å². The van der Waals surface area contributed by atoms with Gasteiger partial charge in [0, 0.05) is 31.8 Å². The number of para-hydroxylation sites is 1. The quantitative estimate of drug-likeness (QED) is 0.714. The standard InChI is InChI=1S/C24H25N3O3.2CH4/c28-22-8-7-17-10-16(13-25-24(17)26-22)6-9-23(29)27-14-18-11-21(12-19(18)15-27)30-20-4-2-1-3-5-20;;/h1-6,9-10,13,18-19,21H,7-8,11-12,14-15H2,(H,25,26,28);2*1H4/b9-6+;;/t18-,19+,21?;;. The first-order valence-corrected chi connectivity index (χ1v) is 10.6. The molecule has 1 aliphatic carbocycles. The summed E-state index contributed by atoms with van der Waals surface area (Å²) in [6.07, 6.45) is 8.58. The van der Waals surface area contributed by atoms with Crippen molar-refractivity contribution in [1.29, 1.82) is 0 Å². The molecule has 1 N–H and O–H groups in total. The van der Waals surface area contributed by atoms with E-state index in [1.807, 2.05) is 47.4 Å². The first kappa shape index (κ1) is 23.5. The predicted octanol–water partition coefficient (Wildman–Crippen LogP) is 4.57. The maximum absolute atomic E-state index is 12.7. The monoisotopic (exact) mass is 435 g/mol. The third-order valence-electron chi connectivity index (χ3n) is 6.35. The number of carbonyl (C=O) groups excluding carboxylic acids is 2. The van der Waals surface area contributed by atoms with Crippen LogP contribution in [0.1, 0.15) is 45.2 Å². The molecule has 1 saturated heterocycles. The van der Waals surface area contributed by atoms with Crippen molar-refractivity contribution in [3.8, 4) is 5.75 Å². The van der Waals surface area contributed by atoms with Crippen molar-refractivity contribution in [2.45, 2.75) is 46.6 Å². The van der Waals surface area contributed by atoms with Gasteiger partial charge in [-0.25, -0.2) is 4.98 Å². The van der Waals surface area contributed by atoms with Crippen molar-refractivity contribution in [2.75, 3.05) is 18.4 Å². The van der Waals surface area contributed by atoms with E-state index in [2.05, 4.69) is 10.3 Å². The largest absolute Gasteiger partial charge is 0.490 e. The lowest BCUT2D eigenvalue weighted by atomic mass is 10.0. The van der Waals surface area contributed by atoms with E-state index in [1.165, 1.54) is 0 Å². The number of anilines is 1. The predicted molar refractivity (Wildman–Crippen MR) is 127 cm³/mol. The van der Waals surface area contributed by atoms with E-state index >= 15 is 0 Å². The summed E-state index contributed by atoms with van der Waals surface area (Å²) in [6.45, 7) is 1.61. The number of likely N-dealkylation sites (tertiary alicyclic amines) is 1. The second kappa shape index (κ2) is 9.98. The molecule has 1 aromatic heterocycles. The number of carbonyl (C=O) groups is 2. The topological polar surface area (TPSA) is 71.5 Å². The molecule has 0 radical (unpaired) electrons. The smallest absolute Gasteiger partial charge is 0.246 e. The highest BCUT2D eigenvalue weighted by Crippen LogP contribution is 2.39. The summed E-state index contributed by atoms with van der Waals surface area (Å²) >= 11 is 0. The minimum atomic E-state index is 0. The number of fused-ring (bicyclic) bond motifs is 2. The summed E-state index contributed by atoms with van der Waals surface area (Å²) in [4.78, 5) is 30.4. The number of benzene rings is 1. The molecular weight excluding hydrogens is 402 g/mol. The molecule has 3 atom stereocenters. The zero-order valence-corrected chi connectivity index (χ0v) is 16.8. The van der Waals surface area contributed by atoms with Crippen LogP contribution in [0.15, 0.2) is 48.7 Å². The van der Waals surface area contributed by atoms with Gasteiger partial charge in [-0.05, 0) is 66.5 Å². The van der Waals surface area contributed by atoms with Gasteiger partial charge in [0.25, 0.3) is 0 Å². The molecule has 170 valence electrons. The molecule has 6 heteroatoms. The number of rotatable bonds is 4. The van der Waals surface area contributed by atoms with Crippen LogP contribution < -0.4 is 10.1 Å². The molecule has 2 aliphatic heterocycles. The Morgan fingerprint density at radius 1 is 1.09 bits per heavy atom. The number of nitrogens with one attached hydrogen (secondary N) is 1. The number of nitrogens with zero attached hydrogens (tertiary/aromatic N) is 2. The molecule has 2 fully saturated rings. The Morgan fingerprint density at radius 2 is 1.81 bits per heavy atom. The van der Waals surface area contributed by atoms with Gasteiger partial charge in [0.15, 0.2) is 0 Å². The molecule has 2 aromatic rings. The van der Waals surface area contributed by atoms with Crippen molar-refractivity contribution in [3.05, 3.63) is 59.8 Å². The molecule has 5 rings (SSSR count). The zero-order chi connectivity index (χ0) is 20.5. The first-order chi connectivity index (χ1) is 14.6. The maximum Gasteiger partial charge on any atom is 0.246 e. The van der Waals surface area contributed by atoms with Crippen LogP contribution in [0.5, 0.6) is 5.75 Å². The van der Waals surface area contributed by atoms with Crippen LogP contribution in [0.25, 0.3) is 6.08 Å². The molecule has 2 amide bonds. The van der Waals surface area contributed by atoms with Crippen molar-refractivity contribution >= 4 is 23.7 Å². The van der Waals surface area contributed by atoms with E-state index in [4.69, 9.17) is 4.74 Å². The molecule has 1 unspecified atom stereocenters. The highest BCUT2D eigenvalue weighted by molar-refractivity contribution is 5.94. The van der Waals surface area contributed by atoms with Crippen LogP contribution in [-0.4, -0.2) is 40.9 Å². The molecule has 6 nitrogen and oxygen atoms in total. The molecule has 32 heavy (non-hydrogen) atoms. The van der Waals surface area contributed by atoms with Gasteiger partial charge >= 0.3 is 0 Å². The summed E-state index contributed by atoms with van der Waals surface area (Å²) in [5.41, 5.74) is 1.90. The van der Waals surface area contributed by atoms with Crippen molar-refractivity contribution < 1.29 is 14.3 Å². The molecular formula is C26H33N3O3. The lowest BCUT2D eigenvalue weighted by Crippen LogP contribution is -2.29. The number of amides is 2.